The van der Waals surface area contributed by atoms with Crippen LogP contribution in [0.3, 0.4) is 0 Å². The number of anilines is 2. The first-order chi connectivity index (χ1) is 27.9. The zero-order chi connectivity index (χ0) is 44.3. The molecule has 0 aliphatic rings. The number of hydrogen-bond donors (Lipinski definition) is 10. The Morgan fingerprint density at radius 3 is 1.81 bits per heavy atom. The lowest BCUT2D eigenvalue weighted by atomic mass is 10.1. The van der Waals surface area contributed by atoms with E-state index in [1.807, 2.05) is 30.5 Å². The SMILES string of the molecule is CC(=O)NCC(=O)O.CC(=O)NCC(=O)O.CCN(CC)CCCC(C)Nc1ccnc2cc(Cl)ccc12.N=C(N)c1ccc(N=NNc2ccc(C(=N)N)cc2)cc1. The van der Waals surface area contributed by atoms with E-state index in [4.69, 9.17) is 44.1 Å². The van der Waals surface area contributed by atoms with Crippen molar-refractivity contribution in [3.63, 3.8) is 0 Å². The van der Waals surface area contributed by atoms with Crippen LogP contribution in [-0.4, -0.2) is 94.3 Å². The number of aromatic nitrogens is 1. The zero-order valence-electron chi connectivity index (χ0n) is 33.9. The second-order valence-electron chi connectivity index (χ2n) is 12.6. The fourth-order valence-corrected chi connectivity index (χ4v) is 4.88. The number of benzene rings is 3. The third kappa shape index (κ3) is 22.6. The number of carbonyl (C=O) groups excluding carboxylic acids is 2. The summed E-state index contributed by atoms with van der Waals surface area (Å²) < 4.78 is 0. The largest absolute Gasteiger partial charge is 0.480 e. The minimum Gasteiger partial charge on any atom is -0.480 e. The molecule has 1 unspecified atom stereocenters. The summed E-state index contributed by atoms with van der Waals surface area (Å²) in [5.41, 5.74) is 18.3. The van der Waals surface area contributed by atoms with Crippen molar-refractivity contribution < 1.29 is 29.4 Å². The summed E-state index contributed by atoms with van der Waals surface area (Å²) in [6.07, 6.45) is 4.21. The van der Waals surface area contributed by atoms with E-state index in [-0.39, 0.29) is 36.6 Å². The number of nitrogens with one attached hydrogen (secondary N) is 6. The highest BCUT2D eigenvalue weighted by atomic mass is 35.5. The second-order valence-corrected chi connectivity index (χ2v) is 13.0. The third-order valence-corrected chi connectivity index (χ3v) is 8.04. The molecule has 1 atom stereocenters. The molecule has 0 aliphatic carbocycles. The topological polar surface area (TPSA) is 297 Å². The second kappa shape index (κ2) is 27.9. The first-order valence-corrected chi connectivity index (χ1v) is 18.8. The molecule has 0 bridgehead atoms. The summed E-state index contributed by atoms with van der Waals surface area (Å²) in [6.45, 7) is 12.1. The van der Waals surface area contributed by atoms with Gasteiger partial charge in [-0.05, 0) is 112 Å². The molecule has 0 fully saturated rings. The van der Waals surface area contributed by atoms with E-state index in [0.717, 1.165) is 46.8 Å². The van der Waals surface area contributed by atoms with Crippen molar-refractivity contribution in [2.45, 2.75) is 53.5 Å². The first kappa shape index (κ1) is 50.4. The Balaban J connectivity index is 0.000000435. The highest BCUT2D eigenvalue weighted by Crippen LogP contribution is 2.25. The van der Waals surface area contributed by atoms with E-state index in [1.54, 1.807) is 48.5 Å². The van der Waals surface area contributed by atoms with Crippen LogP contribution in [0.25, 0.3) is 10.9 Å². The van der Waals surface area contributed by atoms with Crippen molar-refractivity contribution in [1.82, 2.24) is 20.5 Å². The van der Waals surface area contributed by atoms with Crippen molar-refractivity contribution in [3.8, 4) is 0 Å². The Morgan fingerprint density at radius 1 is 0.831 bits per heavy atom. The summed E-state index contributed by atoms with van der Waals surface area (Å²) in [4.78, 5) is 46.2. The van der Waals surface area contributed by atoms with Gasteiger partial charge in [0.05, 0.1) is 16.9 Å². The average molecular weight is 835 g/mol. The molecule has 3 aromatic carbocycles. The molecular weight excluding hydrogens is 780 g/mol. The fourth-order valence-electron chi connectivity index (χ4n) is 4.72. The van der Waals surface area contributed by atoms with Crippen LogP contribution in [-0.2, 0) is 19.2 Å². The van der Waals surface area contributed by atoms with Gasteiger partial charge in [0.25, 0.3) is 0 Å². The Hall–Kier alpha value is -6.66. The number of fused-ring (bicyclic) bond motifs is 1. The number of rotatable bonds is 17. The first-order valence-electron chi connectivity index (χ1n) is 18.5. The summed E-state index contributed by atoms with van der Waals surface area (Å²) in [5, 5.41) is 48.0. The van der Waals surface area contributed by atoms with E-state index in [0.29, 0.717) is 22.9 Å². The maximum Gasteiger partial charge on any atom is 0.322 e. The Bertz CT molecular complexity index is 1940. The van der Waals surface area contributed by atoms with Gasteiger partial charge in [-0.1, -0.05) is 30.7 Å². The molecule has 0 aliphatic heterocycles. The van der Waals surface area contributed by atoms with Crippen LogP contribution < -0.4 is 32.8 Å². The van der Waals surface area contributed by atoms with Gasteiger partial charge in [0.15, 0.2) is 0 Å². The Kier molecular flexibility index (Phi) is 23.8. The molecule has 18 nitrogen and oxygen atoms in total. The number of nitrogens with two attached hydrogens (primary N) is 2. The van der Waals surface area contributed by atoms with Crippen LogP contribution in [0.4, 0.5) is 17.1 Å². The Labute approximate surface area is 348 Å². The molecule has 59 heavy (non-hydrogen) atoms. The molecule has 318 valence electrons. The molecule has 4 rings (SSSR count). The van der Waals surface area contributed by atoms with Crippen LogP contribution in [0.1, 0.15) is 58.6 Å². The lowest BCUT2D eigenvalue weighted by molar-refractivity contribution is -0.138. The molecule has 1 aromatic heterocycles. The zero-order valence-corrected chi connectivity index (χ0v) is 34.6. The van der Waals surface area contributed by atoms with Gasteiger partial charge in [-0.15, -0.1) is 5.11 Å². The van der Waals surface area contributed by atoms with Gasteiger partial charge in [-0.3, -0.25) is 40.4 Å². The molecule has 4 aromatic rings. The maximum atomic E-state index is 9.97. The number of carboxylic acid groups (broad SMARTS) is 2. The van der Waals surface area contributed by atoms with Crippen LogP contribution >= 0.6 is 11.6 Å². The monoisotopic (exact) mass is 834 g/mol. The minimum absolute atomic E-state index is 0.0159. The lowest BCUT2D eigenvalue weighted by Gasteiger charge is -2.20. The number of nitrogens with zero attached hydrogens (tertiary/aromatic N) is 4. The van der Waals surface area contributed by atoms with Crippen molar-refractivity contribution in [1.29, 1.82) is 10.8 Å². The molecule has 0 spiro atoms. The number of nitrogen functional groups attached to an aromatic ring is 2. The quantitative estimate of drug-likeness (QED) is 0.0270. The van der Waals surface area contributed by atoms with Gasteiger partial charge in [-0.25, -0.2) is 0 Å². The molecular formula is C40H55ClN12O6. The van der Waals surface area contributed by atoms with Crippen LogP contribution in [0, 0.1) is 10.8 Å². The van der Waals surface area contributed by atoms with Crippen molar-refractivity contribution in [2.75, 3.05) is 43.5 Å². The van der Waals surface area contributed by atoms with Gasteiger partial charge in [0.1, 0.15) is 24.8 Å². The van der Waals surface area contributed by atoms with Gasteiger partial charge >= 0.3 is 11.9 Å². The van der Waals surface area contributed by atoms with Crippen LogP contribution in [0.15, 0.2) is 89.3 Å². The molecule has 19 heteroatoms. The fraction of sp³-hybridized carbons (Fsp3) is 0.325. The highest BCUT2D eigenvalue weighted by Gasteiger charge is 2.08. The number of amides is 2. The highest BCUT2D eigenvalue weighted by molar-refractivity contribution is 6.31. The van der Waals surface area contributed by atoms with Gasteiger partial charge in [0.2, 0.25) is 11.8 Å². The molecule has 12 N–H and O–H groups in total. The van der Waals surface area contributed by atoms with E-state index in [2.05, 4.69) is 62.4 Å². The molecule has 0 saturated carbocycles. The van der Waals surface area contributed by atoms with E-state index in [9.17, 15) is 19.2 Å². The molecule has 0 saturated heterocycles. The summed E-state index contributed by atoms with van der Waals surface area (Å²) >= 11 is 6.04. The predicted molar refractivity (Wildman–Crippen MR) is 233 cm³/mol. The van der Waals surface area contributed by atoms with Crippen molar-refractivity contribution in [2.24, 2.45) is 21.8 Å². The summed E-state index contributed by atoms with van der Waals surface area (Å²) in [5.74, 6) is -2.67. The molecule has 2 amide bonds. The number of halogens is 1. The normalized spacial score (nSPS) is 10.7. The standard InChI is InChI=1S/C18H26ClN3.C14H15N7.2C4H7NO3/c1-4-22(5-2)12-6-7-14(3)21-17-10-11-20-18-13-15(19)8-9-16(17)18;15-13(16)9-1-5-11(6-2-9)19-21-20-12-7-3-10(4-8-12)14(17)18;2*1-3(6)5-2-4(7)8/h8-11,13-14H,4-7,12H2,1-3H3,(H,20,21);1-8H,(H3,15,16)(H3,17,18)(H,19,20);2*2H2,1H3,(H,5,6)(H,7,8). The van der Waals surface area contributed by atoms with E-state index < -0.39 is 11.9 Å². The third-order valence-electron chi connectivity index (χ3n) is 7.81. The number of amidine groups is 2. The van der Waals surface area contributed by atoms with Crippen molar-refractivity contribution >= 4 is 75.0 Å². The predicted octanol–water partition coefficient (Wildman–Crippen LogP) is 5.59. The number of pyridine rings is 1. The average Bonchev–Trinajstić information content (AvgIpc) is 3.19. The minimum atomic E-state index is -1.03. The lowest BCUT2D eigenvalue weighted by Crippen LogP contribution is -2.26. The summed E-state index contributed by atoms with van der Waals surface area (Å²) in [6, 6.07) is 22.2. The number of hydrogen-bond acceptors (Lipinski definition) is 11. The van der Waals surface area contributed by atoms with Gasteiger partial charge in [0, 0.05) is 53.3 Å². The van der Waals surface area contributed by atoms with E-state index >= 15 is 0 Å². The smallest absolute Gasteiger partial charge is 0.322 e. The van der Waals surface area contributed by atoms with Gasteiger partial charge < -0.3 is 42.5 Å². The molecule has 1 heterocycles. The summed E-state index contributed by atoms with van der Waals surface area (Å²) in [7, 11) is 0. The van der Waals surface area contributed by atoms with Crippen LogP contribution in [0.5, 0.6) is 0 Å². The van der Waals surface area contributed by atoms with E-state index in [1.165, 1.54) is 26.8 Å². The van der Waals surface area contributed by atoms with Crippen molar-refractivity contribution in [3.05, 3.63) is 95.1 Å². The van der Waals surface area contributed by atoms with Crippen LogP contribution in [0.2, 0.25) is 5.02 Å². The number of aliphatic carboxylic acids is 2. The number of carbonyl (C=O) groups is 4. The Morgan fingerprint density at radius 2 is 1.36 bits per heavy atom. The maximum absolute atomic E-state index is 9.97. The molecule has 0 radical (unpaired) electrons. The number of carboxylic acids is 2. The van der Waals surface area contributed by atoms with Gasteiger partial charge in [-0.2, -0.15) is 0 Å².